The largest absolute Gasteiger partial charge is 0.445 e. The van der Waals surface area contributed by atoms with Gasteiger partial charge in [-0.3, -0.25) is 9.69 Å². The van der Waals surface area contributed by atoms with Gasteiger partial charge in [0.15, 0.2) is 0 Å². The number of hydrogen-bond acceptors (Lipinski definition) is 3. The van der Waals surface area contributed by atoms with Gasteiger partial charge in [0.1, 0.15) is 12.1 Å². The van der Waals surface area contributed by atoms with Gasteiger partial charge in [0.2, 0.25) is 5.91 Å². The van der Waals surface area contributed by atoms with E-state index in [-0.39, 0.29) is 12.5 Å². The van der Waals surface area contributed by atoms with Gasteiger partial charge in [-0.15, -0.1) is 0 Å². The molecule has 1 atom stereocenters. The Labute approximate surface area is 160 Å². The summed E-state index contributed by atoms with van der Waals surface area (Å²) in [5.41, 5.74) is 2.27. The fourth-order valence-electron chi connectivity index (χ4n) is 3.37. The summed E-state index contributed by atoms with van der Waals surface area (Å²) in [6.45, 7) is 5.02. The summed E-state index contributed by atoms with van der Waals surface area (Å²) < 4.78 is 5.44. The quantitative estimate of drug-likeness (QED) is 0.876. The summed E-state index contributed by atoms with van der Waals surface area (Å²) >= 11 is 0. The van der Waals surface area contributed by atoms with Crippen LogP contribution in [0.5, 0.6) is 0 Å². The fraction of sp³-hybridized carbons (Fsp3) is 0.364. The number of nitrogens with zero attached hydrogens (tertiary/aromatic N) is 1. The van der Waals surface area contributed by atoms with Crippen LogP contribution in [0.15, 0.2) is 54.6 Å². The number of benzene rings is 2. The van der Waals surface area contributed by atoms with Crippen LogP contribution < -0.4 is 5.32 Å². The molecule has 0 spiro atoms. The highest BCUT2D eigenvalue weighted by Gasteiger charge is 2.46. The van der Waals surface area contributed by atoms with Gasteiger partial charge in [0.25, 0.3) is 0 Å². The third kappa shape index (κ3) is 4.48. The van der Waals surface area contributed by atoms with Gasteiger partial charge >= 0.3 is 6.09 Å². The number of carbonyl (C=O) groups excluding carboxylic acids is 2. The molecule has 0 saturated carbocycles. The Morgan fingerprint density at radius 3 is 2.48 bits per heavy atom. The van der Waals surface area contributed by atoms with E-state index in [0.717, 1.165) is 17.5 Å². The van der Waals surface area contributed by atoms with E-state index >= 15 is 0 Å². The first-order chi connectivity index (χ1) is 13.0. The lowest BCUT2D eigenvalue weighted by Gasteiger charge is -2.33. The summed E-state index contributed by atoms with van der Waals surface area (Å²) in [5.74, 6) is -0.141. The van der Waals surface area contributed by atoms with Crippen molar-refractivity contribution in [2.45, 2.75) is 45.4 Å². The van der Waals surface area contributed by atoms with E-state index in [0.29, 0.717) is 19.5 Å². The molecule has 1 heterocycles. The van der Waals surface area contributed by atoms with E-state index in [1.807, 2.05) is 68.4 Å². The van der Waals surface area contributed by atoms with Gasteiger partial charge in [0, 0.05) is 13.1 Å². The Balaban J connectivity index is 1.59. The maximum atomic E-state index is 12.8. The second kappa shape index (κ2) is 8.25. The van der Waals surface area contributed by atoms with Gasteiger partial charge in [-0.2, -0.15) is 0 Å². The monoisotopic (exact) mass is 366 g/mol. The first kappa shape index (κ1) is 19.0. The smallest absolute Gasteiger partial charge is 0.410 e. The van der Waals surface area contributed by atoms with E-state index in [2.05, 4.69) is 5.32 Å². The molecular weight excluding hydrogens is 340 g/mol. The number of aryl methyl sites for hydroxylation is 1. The van der Waals surface area contributed by atoms with Crippen molar-refractivity contribution in [1.82, 2.24) is 10.2 Å². The third-order valence-electron chi connectivity index (χ3n) is 5.13. The highest BCUT2D eigenvalue weighted by Crippen LogP contribution is 2.30. The normalized spacial score (nSPS) is 19.0. The molecule has 0 aromatic heterocycles. The molecule has 1 saturated heterocycles. The average Bonchev–Trinajstić information content (AvgIpc) is 3.09. The molecule has 0 radical (unpaired) electrons. The molecule has 1 aliphatic heterocycles. The Morgan fingerprint density at radius 1 is 1.07 bits per heavy atom. The van der Waals surface area contributed by atoms with Crippen LogP contribution in [-0.4, -0.2) is 29.0 Å². The Kier molecular flexibility index (Phi) is 5.79. The zero-order valence-electron chi connectivity index (χ0n) is 15.9. The van der Waals surface area contributed by atoms with Crippen LogP contribution in [0.4, 0.5) is 4.79 Å². The standard InChI is InChI=1S/C22H26N2O3/c1-17-9-11-18(12-10-17)15-23-20(25)22(2)13-6-14-24(22)21(26)27-16-19-7-4-3-5-8-19/h3-5,7-12H,6,13-16H2,1-2H3,(H,23,25). The SMILES string of the molecule is Cc1ccc(CNC(=O)C2(C)CCCN2C(=O)OCc2ccccc2)cc1. The second-order valence-corrected chi connectivity index (χ2v) is 7.24. The number of ether oxygens (including phenoxy) is 1. The molecule has 2 aromatic carbocycles. The predicted octanol–water partition coefficient (Wildman–Crippen LogP) is 3.80. The summed E-state index contributed by atoms with van der Waals surface area (Å²) in [4.78, 5) is 27.0. The van der Waals surface area contributed by atoms with Crippen molar-refractivity contribution in [3.05, 3.63) is 71.3 Å². The summed E-state index contributed by atoms with van der Waals surface area (Å²) in [6, 6.07) is 17.6. The number of rotatable bonds is 5. The highest BCUT2D eigenvalue weighted by atomic mass is 16.6. The van der Waals surface area contributed by atoms with Crippen molar-refractivity contribution in [3.63, 3.8) is 0 Å². The van der Waals surface area contributed by atoms with E-state index in [9.17, 15) is 9.59 Å². The number of amides is 2. The first-order valence-corrected chi connectivity index (χ1v) is 9.31. The van der Waals surface area contributed by atoms with Crippen LogP contribution in [-0.2, 0) is 22.7 Å². The molecule has 1 unspecified atom stereocenters. The Bertz CT molecular complexity index is 789. The first-order valence-electron chi connectivity index (χ1n) is 9.31. The molecule has 2 amide bonds. The van der Waals surface area contributed by atoms with Gasteiger partial charge in [-0.05, 0) is 37.8 Å². The maximum Gasteiger partial charge on any atom is 0.410 e. The van der Waals surface area contributed by atoms with Crippen molar-refractivity contribution < 1.29 is 14.3 Å². The molecule has 1 N–H and O–H groups in total. The molecular formula is C22H26N2O3. The number of hydrogen-bond donors (Lipinski definition) is 1. The molecule has 142 valence electrons. The summed E-state index contributed by atoms with van der Waals surface area (Å²) in [6.07, 6.45) is 0.978. The lowest BCUT2D eigenvalue weighted by Crippen LogP contribution is -2.55. The van der Waals surface area contributed by atoms with Gasteiger partial charge in [-0.1, -0.05) is 60.2 Å². The topological polar surface area (TPSA) is 58.6 Å². The van der Waals surface area contributed by atoms with E-state index < -0.39 is 11.6 Å². The van der Waals surface area contributed by atoms with Crippen molar-refractivity contribution in [2.75, 3.05) is 6.54 Å². The van der Waals surface area contributed by atoms with Crippen LogP contribution >= 0.6 is 0 Å². The third-order valence-corrected chi connectivity index (χ3v) is 5.13. The lowest BCUT2D eigenvalue weighted by atomic mass is 9.98. The molecule has 1 fully saturated rings. The highest BCUT2D eigenvalue weighted by molar-refractivity contribution is 5.90. The average molecular weight is 366 g/mol. The molecule has 5 nitrogen and oxygen atoms in total. The molecule has 1 aliphatic rings. The molecule has 0 aliphatic carbocycles. The van der Waals surface area contributed by atoms with Crippen molar-refractivity contribution in [2.24, 2.45) is 0 Å². The summed E-state index contributed by atoms with van der Waals surface area (Å²) in [5, 5.41) is 2.97. The molecule has 0 bridgehead atoms. The number of likely N-dealkylation sites (tertiary alicyclic amines) is 1. The Hall–Kier alpha value is -2.82. The van der Waals surface area contributed by atoms with Crippen molar-refractivity contribution in [3.8, 4) is 0 Å². The van der Waals surface area contributed by atoms with Crippen molar-refractivity contribution in [1.29, 1.82) is 0 Å². The fourth-order valence-corrected chi connectivity index (χ4v) is 3.37. The van der Waals surface area contributed by atoms with Gasteiger partial charge in [-0.25, -0.2) is 4.79 Å². The minimum atomic E-state index is -0.877. The molecule has 2 aromatic rings. The maximum absolute atomic E-state index is 12.8. The molecule has 27 heavy (non-hydrogen) atoms. The second-order valence-electron chi connectivity index (χ2n) is 7.24. The number of carbonyl (C=O) groups is 2. The van der Waals surface area contributed by atoms with Crippen LogP contribution in [0.25, 0.3) is 0 Å². The predicted molar refractivity (Wildman–Crippen MR) is 104 cm³/mol. The minimum absolute atomic E-state index is 0.141. The minimum Gasteiger partial charge on any atom is -0.445 e. The van der Waals surface area contributed by atoms with E-state index in [4.69, 9.17) is 4.74 Å². The van der Waals surface area contributed by atoms with Crippen LogP contribution in [0.3, 0.4) is 0 Å². The zero-order valence-corrected chi connectivity index (χ0v) is 15.9. The van der Waals surface area contributed by atoms with Gasteiger partial charge < -0.3 is 10.1 Å². The van der Waals surface area contributed by atoms with Crippen LogP contribution in [0.1, 0.15) is 36.5 Å². The van der Waals surface area contributed by atoms with Crippen LogP contribution in [0.2, 0.25) is 0 Å². The van der Waals surface area contributed by atoms with Crippen LogP contribution in [0, 0.1) is 6.92 Å². The lowest BCUT2D eigenvalue weighted by molar-refractivity contribution is -0.130. The van der Waals surface area contributed by atoms with Crippen molar-refractivity contribution >= 4 is 12.0 Å². The molecule has 5 heteroatoms. The Morgan fingerprint density at radius 2 is 1.78 bits per heavy atom. The van der Waals surface area contributed by atoms with Gasteiger partial charge in [0.05, 0.1) is 0 Å². The number of nitrogens with one attached hydrogen (secondary N) is 1. The molecule has 3 rings (SSSR count). The van der Waals surface area contributed by atoms with E-state index in [1.54, 1.807) is 4.90 Å². The van der Waals surface area contributed by atoms with E-state index in [1.165, 1.54) is 5.56 Å². The summed E-state index contributed by atoms with van der Waals surface area (Å²) in [7, 11) is 0. The zero-order chi connectivity index (χ0) is 19.3.